The van der Waals surface area contributed by atoms with Gasteiger partial charge in [0.25, 0.3) is 11.8 Å². The van der Waals surface area contributed by atoms with E-state index in [0.717, 1.165) is 17.7 Å². The lowest BCUT2D eigenvalue weighted by Crippen LogP contribution is -2.55. The number of rotatable bonds is 5. The quantitative estimate of drug-likeness (QED) is 0.576. The van der Waals surface area contributed by atoms with Crippen molar-refractivity contribution in [2.75, 3.05) is 23.4 Å². The second kappa shape index (κ2) is 9.87. The Morgan fingerprint density at radius 1 is 1.26 bits per heavy atom. The molecular formula is C21H20ClF3N4O5. The van der Waals surface area contributed by atoms with Crippen LogP contribution in [0.3, 0.4) is 0 Å². The molecule has 1 saturated heterocycles. The summed E-state index contributed by atoms with van der Waals surface area (Å²) in [6.07, 6.45) is -8.16. The first-order valence-electron chi connectivity index (χ1n) is 9.83. The maximum Gasteiger partial charge on any atom is 0.573 e. The van der Waals surface area contributed by atoms with Gasteiger partial charge in [0.1, 0.15) is 11.6 Å². The minimum atomic E-state index is -4.84. The summed E-state index contributed by atoms with van der Waals surface area (Å²) >= 11 is 0. The van der Waals surface area contributed by atoms with E-state index in [0.29, 0.717) is 23.6 Å². The molecule has 2 amide bonds. The van der Waals surface area contributed by atoms with Crippen molar-refractivity contribution >= 4 is 41.4 Å². The van der Waals surface area contributed by atoms with Gasteiger partial charge in [-0.15, -0.1) is 25.6 Å². The van der Waals surface area contributed by atoms with Gasteiger partial charge in [0.2, 0.25) is 0 Å². The number of ether oxygens (including phenoxy) is 2. The summed E-state index contributed by atoms with van der Waals surface area (Å²) in [6.45, 7) is 0.543. The number of anilines is 2. The van der Waals surface area contributed by atoms with Gasteiger partial charge in [0, 0.05) is 23.5 Å². The minimum Gasteiger partial charge on any atom is -0.406 e. The zero-order chi connectivity index (χ0) is 23.8. The van der Waals surface area contributed by atoms with Crippen molar-refractivity contribution < 1.29 is 37.3 Å². The van der Waals surface area contributed by atoms with Crippen LogP contribution in [0.15, 0.2) is 47.5 Å². The van der Waals surface area contributed by atoms with E-state index in [1.165, 1.54) is 17.0 Å². The zero-order valence-electron chi connectivity index (χ0n) is 17.4. The molecule has 0 unspecified atom stereocenters. The van der Waals surface area contributed by atoms with E-state index in [1.807, 2.05) is 0 Å². The summed E-state index contributed by atoms with van der Waals surface area (Å²) in [5.74, 6) is -1.67. The van der Waals surface area contributed by atoms with Crippen molar-refractivity contribution in [1.29, 1.82) is 0 Å². The first-order valence-corrected chi connectivity index (χ1v) is 9.83. The highest BCUT2D eigenvalue weighted by atomic mass is 35.5. The molecule has 2 aromatic rings. The van der Waals surface area contributed by atoms with E-state index >= 15 is 0 Å². The van der Waals surface area contributed by atoms with Gasteiger partial charge < -0.3 is 30.5 Å². The third-order valence-electron chi connectivity index (χ3n) is 5.13. The van der Waals surface area contributed by atoms with Crippen molar-refractivity contribution in [3.63, 3.8) is 0 Å². The average Bonchev–Trinajstić information content (AvgIpc) is 3.13. The number of aliphatic imine (C=N–C) groups is 1. The molecule has 1 fully saturated rings. The standard InChI is InChI=1S/C21H19F3N4O5.ClH/c22-21(23,24)33-14-5-3-13(4-6-14)28-7-8-32-17(20(28)31)16(29)19(30)27-12-2-1-11-10-26-18(25)15(11)9-12;/h1-6,9,16-17,29H,7-8,10H2,(H2,25,26)(H,27,30);1H/t16-,17-;/m1./s1. The minimum absolute atomic E-state index is 0. The molecule has 0 saturated carbocycles. The summed E-state index contributed by atoms with van der Waals surface area (Å²) in [4.78, 5) is 30.7. The van der Waals surface area contributed by atoms with Gasteiger partial charge in [0.05, 0.1) is 13.2 Å². The molecule has 2 aliphatic rings. The molecule has 9 nitrogen and oxygen atoms in total. The van der Waals surface area contributed by atoms with Crippen molar-refractivity contribution in [2.24, 2.45) is 10.7 Å². The van der Waals surface area contributed by atoms with Crippen molar-refractivity contribution in [3.8, 4) is 5.75 Å². The molecule has 2 aliphatic heterocycles. The Morgan fingerprint density at radius 2 is 1.97 bits per heavy atom. The molecule has 0 bridgehead atoms. The lowest BCUT2D eigenvalue weighted by Gasteiger charge is -2.34. The predicted molar refractivity (Wildman–Crippen MR) is 118 cm³/mol. The van der Waals surface area contributed by atoms with E-state index in [4.69, 9.17) is 10.5 Å². The molecule has 2 atom stereocenters. The molecule has 0 radical (unpaired) electrons. The maximum atomic E-state index is 12.9. The van der Waals surface area contributed by atoms with Crippen LogP contribution >= 0.6 is 12.4 Å². The number of aliphatic hydroxyl groups excluding tert-OH is 1. The molecule has 34 heavy (non-hydrogen) atoms. The number of alkyl halides is 3. The Balaban J connectivity index is 0.00000324. The first kappa shape index (κ1) is 25.3. The number of aliphatic hydroxyl groups is 1. The van der Waals surface area contributed by atoms with Crippen LogP contribution in [-0.2, 0) is 20.9 Å². The summed E-state index contributed by atoms with van der Waals surface area (Å²) in [5, 5.41) is 13.0. The molecule has 0 aromatic heterocycles. The van der Waals surface area contributed by atoms with Crippen LogP contribution in [0.5, 0.6) is 5.75 Å². The largest absolute Gasteiger partial charge is 0.573 e. The van der Waals surface area contributed by atoms with Crippen LogP contribution in [-0.4, -0.2) is 54.5 Å². The van der Waals surface area contributed by atoms with Gasteiger partial charge in [-0.1, -0.05) is 6.07 Å². The van der Waals surface area contributed by atoms with Crippen LogP contribution in [0, 0.1) is 0 Å². The van der Waals surface area contributed by atoms with Gasteiger partial charge in [-0.2, -0.15) is 0 Å². The van der Waals surface area contributed by atoms with Crippen molar-refractivity contribution in [3.05, 3.63) is 53.6 Å². The van der Waals surface area contributed by atoms with Gasteiger partial charge in [-0.05, 0) is 42.0 Å². The highest BCUT2D eigenvalue weighted by molar-refractivity contribution is 6.05. The Hall–Kier alpha value is -3.35. The Kier molecular flexibility index (Phi) is 7.34. The number of benzene rings is 2. The molecular weight excluding hydrogens is 481 g/mol. The number of carbonyl (C=O) groups excluding carboxylic acids is 2. The Morgan fingerprint density at radius 3 is 2.65 bits per heavy atom. The molecule has 0 aliphatic carbocycles. The van der Waals surface area contributed by atoms with E-state index in [9.17, 15) is 27.9 Å². The van der Waals surface area contributed by atoms with Crippen molar-refractivity contribution in [1.82, 2.24) is 0 Å². The number of carbonyl (C=O) groups is 2. The third-order valence-corrected chi connectivity index (χ3v) is 5.13. The number of hydrogen-bond donors (Lipinski definition) is 3. The number of nitrogens with zero attached hydrogens (tertiary/aromatic N) is 2. The molecule has 182 valence electrons. The van der Waals surface area contributed by atoms with Crippen molar-refractivity contribution in [2.45, 2.75) is 25.1 Å². The van der Waals surface area contributed by atoms with Gasteiger partial charge in [-0.3, -0.25) is 14.6 Å². The molecule has 4 rings (SSSR count). The summed E-state index contributed by atoms with van der Waals surface area (Å²) in [5.41, 5.74) is 8.01. The smallest absolute Gasteiger partial charge is 0.406 e. The zero-order valence-corrected chi connectivity index (χ0v) is 18.2. The monoisotopic (exact) mass is 500 g/mol. The van der Waals surface area contributed by atoms with Gasteiger partial charge in [0.15, 0.2) is 12.2 Å². The number of amides is 2. The number of morpholine rings is 1. The fourth-order valence-electron chi connectivity index (χ4n) is 3.56. The summed E-state index contributed by atoms with van der Waals surface area (Å²) in [6, 6.07) is 9.65. The average molecular weight is 501 g/mol. The number of nitrogens with one attached hydrogen (secondary N) is 1. The van der Waals surface area contributed by atoms with Crippen LogP contribution in [0.1, 0.15) is 11.1 Å². The van der Waals surface area contributed by atoms with Gasteiger partial charge >= 0.3 is 6.36 Å². The predicted octanol–water partition coefficient (Wildman–Crippen LogP) is 1.96. The lowest BCUT2D eigenvalue weighted by molar-refractivity contribution is -0.274. The number of fused-ring (bicyclic) bond motifs is 1. The molecule has 2 aromatic carbocycles. The summed E-state index contributed by atoms with van der Waals surface area (Å²) in [7, 11) is 0. The number of amidine groups is 1. The van der Waals surface area contributed by atoms with E-state index in [1.54, 1.807) is 18.2 Å². The van der Waals surface area contributed by atoms with Crippen LogP contribution in [0.4, 0.5) is 24.5 Å². The Labute approximate surface area is 197 Å². The number of hydrogen-bond acceptors (Lipinski definition) is 7. The topological polar surface area (TPSA) is 126 Å². The van der Waals surface area contributed by atoms with Crippen LogP contribution in [0.25, 0.3) is 0 Å². The van der Waals surface area contributed by atoms with Crippen LogP contribution < -0.4 is 20.7 Å². The maximum absolute atomic E-state index is 12.9. The van der Waals surface area contributed by atoms with Gasteiger partial charge in [-0.25, -0.2) is 0 Å². The second-order valence-corrected chi connectivity index (χ2v) is 7.33. The van der Waals surface area contributed by atoms with E-state index < -0.39 is 36.1 Å². The van der Waals surface area contributed by atoms with E-state index in [-0.39, 0.29) is 31.2 Å². The fourth-order valence-corrected chi connectivity index (χ4v) is 3.56. The summed E-state index contributed by atoms with van der Waals surface area (Å²) < 4.78 is 46.1. The SMILES string of the molecule is Cl.NC1=NCc2ccc(NC(=O)[C@H](O)[C@H]3OCCN(c4ccc(OC(F)(F)F)cc4)C3=O)cc21. The normalized spacial score (nSPS) is 18.5. The Bertz CT molecular complexity index is 1110. The molecule has 2 heterocycles. The third kappa shape index (κ3) is 5.41. The van der Waals surface area contributed by atoms with Crippen LogP contribution in [0.2, 0.25) is 0 Å². The highest BCUT2D eigenvalue weighted by Crippen LogP contribution is 2.27. The second-order valence-electron chi connectivity index (χ2n) is 7.33. The number of halogens is 4. The first-order chi connectivity index (χ1) is 15.6. The van der Waals surface area contributed by atoms with E-state index in [2.05, 4.69) is 15.0 Å². The molecule has 4 N–H and O–H groups in total. The molecule has 0 spiro atoms. The highest BCUT2D eigenvalue weighted by Gasteiger charge is 2.39. The fraction of sp³-hybridized carbons (Fsp3) is 0.286. The molecule has 13 heteroatoms. The number of nitrogens with two attached hydrogens (primary N) is 1. The lowest BCUT2D eigenvalue weighted by atomic mass is 10.1.